The molecule has 2 N–H and O–H groups in total. The number of nitrogens with zero attached hydrogens (tertiary/aromatic N) is 4. The monoisotopic (exact) mass is 336 g/mol. The van der Waals surface area contributed by atoms with E-state index in [4.69, 9.17) is 0 Å². The van der Waals surface area contributed by atoms with Crippen LogP contribution >= 0.6 is 0 Å². The molecule has 0 bridgehead atoms. The molecule has 2 fully saturated rings. The average molecular weight is 336 g/mol. The molecule has 0 unspecified atom stereocenters. The Balaban J connectivity index is 1.42. The minimum atomic E-state index is 0.126. The Hall–Kier alpha value is -2.70. The van der Waals surface area contributed by atoms with Gasteiger partial charge in [-0.2, -0.15) is 0 Å². The van der Waals surface area contributed by atoms with E-state index < -0.39 is 0 Å². The van der Waals surface area contributed by atoms with Crippen molar-refractivity contribution in [3.05, 3.63) is 24.8 Å². The lowest BCUT2D eigenvalue weighted by Gasteiger charge is -2.32. The summed E-state index contributed by atoms with van der Waals surface area (Å²) in [6.45, 7) is 1.68. The molecule has 5 rings (SSSR count). The normalized spacial score (nSPS) is 18.8. The molecule has 2 aliphatic rings. The molecular weight excluding hydrogens is 316 g/mol. The van der Waals surface area contributed by atoms with E-state index >= 15 is 0 Å². The number of H-pyrrole nitrogens is 1. The van der Waals surface area contributed by atoms with Crippen molar-refractivity contribution in [3.8, 4) is 0 Å². The Bertz CT molecular complexity index is 939. The third kappa shape index (κ3) is 2.59. The third-order valence-corrected chi connectivity index (χ3v) is 5.25. The zero-order chi connectivity index (χ0) is 16.8. The summed E-state index contributed by atoms with van der Waals surface area (Å²) in [6, 6.07) is 2.42. The number of fused-ring (bicyclic) bond motifs is 3. The van der Waals surface area contributed by atoms with Crippen LogP contribution in [0.5, 0.6) is 0 Å². The van der Waals surface area contributed by atoms with E-state index in [1.54, 1.807) is 12.5 Å². The molecule has 0 aromatic carbocycles. The zero-order valence-electron chi connectivity index (χ0n) is 13.9. The van der Waals surface area contributed by atoms with E-state index in [1.807, 2.05) is 12.3 Å². The van der Waals surface area contributed by atoms with Gasteiger partial charge < -0.3 is 15.2 Å². The topological polar surface area (TPSA) is 86.8 Å². The molecule has 0 radical (unpaired) electrons. The van der Waals surface area contributed by atoms with Crippen LogP contribution in [0.3, 0.4) is 0 Å². The number of hydrogen-bond acceptors (Lipinski definition) is 5. The van der Waals surface area contributed by atoms with Gasteiger partial charge in [-0.1, -0.05) is 0 Å². The molecule has 3 aromatic heterocycles. The second-order valence-corrected chi connectivity index (χ2v) is 7.00. The van der Waals surface area contributed by atoms with Crippen LogP contribution in [0.15, 0.2) is 24.8 Å². The van der Waals surface area contributed by atoms with Crippen LogP contribution < -0.4 is 10.2 Å². The number of amides is 1. The van der Waals surface area contributed by atoms with Gasteiger partial charge in [0, 0.05) is 36.6 Å². The molecule has 7 nitrogen and oxygen atoms in total. The summed E-state index contributed by atoms with van der Waals surface area (Å²) in [5.41, 5.74) is 1.70. The van der Waals surface area contributed by atoms with Crippen LogP contribution in [-0.4, -0.2) is 45.0 Å². The van der Waals surface area contributed by atoms with E-state index in [2.05, 4.69) is 30.2 Å². The predicted molar refractivity (Wildman–Crippen MR) is 95.3 cm³/mol. The molecule has 1 saturated heterocycles. The molecule has 4 heterocycles. The average Bonchev–Trinajstić information content (AvgIpc) is 3.33. The number of carbonyl (C=O) groups is 1. The van der Waals surface area contributed by atoms with E-state index in [9.17, 15) is 4.79 Å². The van der Waals surface area contributed by atoms with Gasteiger partial charge in [0.1, 0.15) is 5.82 Å². The van der Waals surface area contributed by atoms with Crippen molar-refractivity contribution in [2.45, 2.75) is 31.7 Å². The highest BCUT2D eigenvalue weighted by molar-refractivity contribution is 6.08. The van der Waals surface area contributed by atoms with Gasteiger partial charge in [0.15, 0.2) is 5.65 Å². The van der Waals surface area contributed by atoms with Gasteiger partial charge in [-0.15, -0.1) is 0 Å². The highest BCUT2D eigenvalue weighted by Crippen LogP contribution is 2.32. The van der Waals surface area contributed by atoms with E-state index in [1.165, 1.54) is 0 Å². The first kappa shape index (κ1) is 14.6. The lowest BCUT2D eigenvalue weighted by atomic mass is 9.95. The van der Waals surface area contributed by atoms with Crippen molar-refractivity contribution in [1.82, 2.24) is 25.3 Å². The lowest BCUT2D eigenvalue weighted by molar-refractivity contribution is -0.125. The SMILES string of the molecule is O=C(NC1CC1)C1CCN(c2nc[nH]c3cnc4nccc4c23)CC1. The maximum absolute atomic E-state index is 12.3. The van der Waals surface area contributed by atoms with Crippen LogP contribution in [0, 0.1) is 5.92 Å². The summed E-state index contributed by atoms with van der Waals surface area (Å²) in [5.74, 6) is 1.31. The fourth-order valence-corrected chi connectivity index (χ4v) is 3.68. The summed E-state index contributed by atoms with van der Waals surface area (Å²) in [6.07, 6.45) is 9.32. The summed E-state index contributed by atoms with van der Waals surface area (Å²) in [7, 11) is 0. The molecule has 3 aromatic rings. The van der Waals surface area contributed by atoms with E-state index in [-0.39, 0.29) is 11.8 Å². The van der Waals surface area contributed by atoms with Gasteiger partial charge in [0.05, 0.1) is 23.4 Å². The minimum absolute atomic E-state index is 0.126. The lowest BCUT2D eigenvalue weighted by Crippen LogP contribution is -2.41. The van der Waals surface area contributed by atoms with Crippen molar-refractivity contribution in [3.63, 3.8) is 0 Å². The van der Waals surface area contributed by atoms with Crippen molar-refractivity contribution in [2.24, 2.45) is 5.92 Å². The molecule has 1 amide bonds. The number of piperidine rings is 1. The highest BCUT2D eigenvalue weighted by atomic mass is 16.2. The Morgan fingerprint density at radius 2 is 2.00 bits per heavy atom. The first-order chi connectivity index (χ1) is 12.3. The summed E-state index contributed by atoms with van der Waals surface area (Å²) >= 11 is 0. The summed E-state index contributed by atoms with van der Waals surface area (Å²) in [4.78, 5) is 31.0. The number of nitrogens with one attached hydrogen (secondary N) is 2. The standard InChI is InChI=1S/C18H20N6O/c25-18(23-12-1-2-12)11-4-7-24(8-5-11)17-15-13-3-6-19-16(13)20-9-14(15)21-10-22-17/h3,6,9-12H,1-2,4-5,7-8H2,(H,21,22)(H,23,25). The number of pyridine rings is 1. The smallest absolute Gasteiger partial charge is 0.223 e. The predicted octanol–water partition coefficient (Wildman–Crippen LogP) is 2.00. The number of aromatic amines is 1. The van der Waals surface area contributed by atoms with Gasteiger partial charge in [0.2, 0.25) is 5.91 Å². The second kappa shape index (κ2) is 5.68. The Morgan fingerprint density at radius 1 is 1.16 bits per heavy atom. The fourth-order valence-electron chi connectivity index (χ4n) is 3.68. The van der Waals surface area contributed by atoms with Crippen LogP contribution in [0.2, 0.25) is 0 Å². The summed E-state index contributed by atoms with van der Waals surface area (Å²) in [5, 5.41) is 5.21. The first-order valence-corrected chi connectivity index (χ1v) is 8.92. The van der Waals surface area contributed by atoms with Gasteiger partial charge in [-0.25, -0.2) is 15.0 Å². The second-order valence-electron chi connectivity index (χ2n) is 7.00. The van der Waals surface area contributed by atoms with Gasteiger partial charge in [0.25, 0.3) is 0 Å². The minimum Gasteiger partial charge on any atom is -0.356 e. The Morgan fingerprint density at radius 3 is 2.80 bits per heavy atom. The quantitative estimate of drug-likeness (QED) is 0.764. The number of anilines is 1. The number of rotatable bonds is 3. The largest absolute Gasteiger partial charge is 0.356 e. The molecule has 0 spiro atoms. The van der Waals surface area contributed by atoms with Crippen LogP contribution in [0.25, 0.3) is 21.9 Å². The van der Waals surface area contributed by atoms with Gasteiger partial charge in [-0.3, -0.25) is 4.79 Å². The molecule has 25 heavy (non-hydrogen) atoms. The van der Waals surface area contributed by atoms with Crippen LogP contribution in [0.1, 0.15) is 25.7 Å². The van der Waals surface area contributed by atoms with Gasteiger partial charge in [-0.05, 0) is 31.7 Å². The molecular formula is C18H20N6O. The van der Waals surface area contributed by atoms with Crippen molar-refractivity contribution >= 4 is 33.7 Å². The van der Waals surface area contributed by atoms with Crippen molar-refractivity contribution < 1.29 is 4.79 Å². The molecule has 1 aliphatic heterocycles. The van der Waals surface area contributed by atoms with Crippen LogP contribution in [-0.2, 0) is 4.79 Å². The van der Waals surface area contributed by atoms with E-state index in [0.717, 1.165) is 66.5 Å². The molecule has 1 saturated carbocycles. The highest BCUT2D eigenvalue weighted by Gasteiger charge is 2.30. The van der Waals surface area contributed by atoms with E-state index in [0.29, 0.717) is 6.04 Å². The first-order valence-electron chi connectivity index (χ1n) is 8.92. The Labute approximate surface area is 144 Å². The van der Waals surface area contributed by atoms with Crippen molar-refractivity contribution in [2.75, 3.05) is 18.0 Å². The summed E-state index contributed by atoms with van der Waals surface area (Å²) < 4.78 is 0. The maximum atomic E-state index is 12.3. The fraction of sp³-hybridized carbons (Fsp3) is 0.444. The van der Waals surface area contributed by atoms with Crippen molar-refractivity contribution in [1.29, 1.82) is 0 Å². The molecule has 7 heteroatoms. The van der Waals surface area contributed by atoms with Gasteiger partial charge >= 0.3 is 0 Å². The molecule has 128 valence electrons. The van der Waals surface area contributed by atoms with Crippen LogP contribution in [0.4, 0.5) is 5.82 Å². The maximum Gasteiger partial charge on any atom is 0.223 e. The number of hydrogen-bond donors (Lipinski definition) is 2. The number of aromatic nitrogens is 4. The number of carbonyl (C=O) groups excluding carboxylic acids is 1. The third-order valence-electron chi connectivity index (χ3n) is 5.25. The molecule has 1 aliphatic carbocycles. The Kier molecular flexibility index (Phi) is 3.33. The molecule has 0 atom stereocenters. The zero-order valence-corrected chi connectivity index (χ0v) is 13.9.